The van der Waals surface area contributed by atoms with Crippen molar-refractivity contribution in [3.8, 4) is 0 Å². The Morgan fingerprint density at radius 1 is 1.00 bits per heavy atom. The number of likely N-dealkylation sites (N-methyl/N-ethyl adjacent to an activating group) is 1. The minimum atomic E-state index is -4.28. The summed E-state index contributed by atoms with van der Waals surface area (Å²) in [5.74, 6) is -1.10. The van der Waals surface area contributed by atoms with Gasteiger partial charge in [-0.15, -0.1) is 0 Å². The minimum Gasteiger partial charge on any atom is -0.357 e. The second kappa shape index (κ2) is 12.9. The number of sulfonamides is 1. The summed E-state index contributed by atoms with van der Waals surface area (Å²) in [4.78, 5) is 38.3. The molecule has 3 rings (SSSR count). The number of halogens is 2. The second-order valence-corrected chi connectivity index (χ2v) is 11.1. The van der Waals surface area contributed by atoms with Gasteiger partial charge in [0.15, 0.2) is 0 Å². The van der Waals surface area contributed by atoms with Gasteiger partial charge in [0.2, 0.25) is 11.8 Å². The fourth-order valence-corrected chi connectivity index (χ4v) is 5.67. The van der Waals surface area contributed by atoms with Crippen molar-refractivity contribution in [3.63, 3.8) is 0 Å². The lowest BCUT2D eigenvalue weighted by molar-refractivity contribution is -0.384. The summed E-state index contributed by atoms with van der Waals surface area (Å²) in [5, 5.41) is 14.3. The van der Waals surface area contributed by atoms with E-state index in [4.69, 9.17) is 23.2 Å². The number of amides is 2. The summed E-state index contributed by atoms with van der Waals surface area (Å²) in [6, 6.07) is 16.2. The Kier molecular flexibility index (Phi) is 9.90. The molecular formula is C26H26Cl2N4O6S. The van der Waals surface area contributed by atoms with Crippen molar-refractivity contribution >= 4 is 56.4 Å². The molecule has 13 heteroatoms. The summed E-state index contributed by atoms with van der Waals surface area (Å²) in [5.41, 5.74) is 0.377. The SMILES string of the molecule is CC[C@H](C(=O)NC)N(Cc1ccc(Cl)c(Cl)c1)C(=O)CN(c1ccc([N+](=O)[O-])cc1)S(=O)(=O)c1ccccc1. The molecule has 1 atom stereocenters. The van der Waals surface area contributed by atoms with Crippen molar-refractivity contribution in [1.82, 2.24) is 10.2 Å². The summed E-state index contributed by atoms with van der Waals surface area (Å²) in [6.07, 6.45) is 0.246. The summed E-state index contributed by atoms with van der Waals surface area (Å²) < 4.78 is 28.2. The normalized spacial score (nSPS) is 11.9. The molecule has 0 spiro atoms. The van der Waals surface area contributed by atoms with Gasteiger partial charge in [0.1, 0.15) is 12.6 Å². The van der Waals surface area contributed by atoms with Crippen LogP contribution >= 0.6 is 23.2 Å². The molecule has 2 amide bonds. The number of carbonyl (C=O) groups is 2. The third kappa shape index (κ3) is 7.05. The molecule has 0 radical (unpaired) electrons. The number of anilines is 1. The Morgan fingerprint density at radius 2 is 1.64 bits per heavy atom. The maximum atomic E-state index is 13.8. The van der Waals surface area contributed by atoms with E-state index in [2.05, 4.69) is 5.32 Å². The third-order valence-electron chi connectivity index (χ3n) is 5.93. The van der Waals surface area contributed by atoms with E-state index in [-0.39, 0.29) is 34.3 Å². The van der Waals surface area contributed by atoms with Gasteiger partial charge in [-0.1, -0.05) is 54.4 Å². The first-order valence-corrected chi connectivity index (χ1v) is 14.0. The van der Waals surface area contributed by atoms with Crippen molar-refractivity contribution < 1.29 is 22.9 Å². The van der Waals surface area contributed by atoms with Crippen LogP contribution in [0.4, 0.5) is 11.4 Å². The first-order valence-electron chi connectivity index (χ1n) is 11.8. The van der Waals surface area contributed by atoms with Crippen molar-refractivity contribution in [2.75, 3.05) is 17.9 Å². The van der Waals surface area contributed by atoms with Crippen LogP contribution < -0.4 is 9.62 Å². The minimum absolute atomic E-state index is 0.0419. The van der Waals surface area contributed by atoms with Crippen LogP contribution in [-0.4, -0.2) is 49.7 Å². The van der Waals surface area contributed by atoms with E-state index in [0.717, 1.165) is 16.4 Å². The van der Waals surface area contributed by atoms with Crippen molar-refractivity contribution in [1.29, 1.82) is 0 Å². The molecule has 0 aliphatic heterocycles. The van der Waals surface area contributed by atoms with E-state index in [0.29, 0.717) is 10.6 Å². The van der Waals surface area contributed by atoms with E-state index >= 15 is 0 Å². The molecule has 206 valence electrons. The van der Waals surface area contributed by atoms with Gasteiger partial charge >= 0.3 is 0 Å². The van der Waals surface area contributed by atoms with Gasteiger partial charge in [-0.3, -0.25) is 24.0 Å². The molecule has 10 nitrogen and oxygen atoms in total. The molecule has 0 bridgehead atoms. The molecule has 39 heavy (non-hydrogen) atoms. The topological polar surface area (TPSA) is 130 Å². The molecule has 0 aromatic heterocycles. The fourth-order valence-electron chi connectivity index (χ4n) is 3.91. The van der Waals surface area contributed by atoms with Crippen molar-refractivity contribution in [2.24, 2.45) is 0 Å². The van der Waals surface area contributed by atoms with Gasteiger partial charge in [-0.25, -0.2) is 8.42 Å². The van der Waals surface area contributed by atoms with Crippen LogP contribution in [0.3, 0.4) is 0 Å². The van der Waals surface area contributed by atoms with Gasteiger partial charge in [0.05, 0.1) is 25.6 Å². The maximum absolute atomic E-state index is 13.8. The van der Waals surface area contributed by atoms with Crippen LogP contribution in [0.1, 0.15) is 18.9 Å². The molecule has 1 N–H and O–H groups in total. The zero-order chi connectivity index (χ0) is 28.7. The quantitative estimate of drug-likeness (QED) is 0.255. The molecule has 0 saturated carbocycles. The highest BCUT2D eigenvalue weighted by atomic mass is 35.5. The Bertz CT molecular complexity index is 1450. The lowest BCUT2D eigenvalue weighted by Crippen LogP contribution is -2.51. The number of nitrogens with zero attached hydrogens (tertiary/aromatic N) is 3. The molecule has 0 saturated heterocycles. The van der Waals surface area contributed by atoms with E-state index in [1.807, 2.05) is 0 Å². The van der Waals surface area contributed by atoms with Crippen LogP contribution in [0, 0.1) is 10.1 Å². The number of carbonyl (C=O) groups excluding carboxylic acids is 2. The lowest BCUT2D eigenvalue weighted by Gasteiger charge is -2.33. The summed E-state index contributed by atoms with van der Waals surface area (Å²) in [6.45, 7) is 0.995. The first kappa shape index (κ1) is 29.9. The third-order valence-corrected chi connectivity index (χ3v) is 8.45. The number of rotatable bonds is 11. The zero-order valence-electron chi connectivity index (χ0n) is 21.1. The molecular weight excluding hydrogens is 567 g/mol. The fraction of sp³-hybridized carbons (Fsp3) is 0.231. The average Bonchev–Trinajstić information content (AvgIpc) is 2.93. The molecule has 0 fully saturated rings. The van der Waals surface area contributed by atoms with Gasteiger partial charge in [0.25, 0.3) is 15.7 Å². The molecule has 3 aromatic carbocycles. The molecule has 3 aromatic rings. The van der Waals surface area contributed by atoms with Crippen LogP contribution in [0.25, 0.3) is 0 Å². The number of hydrogen-bond donors (Lipinski definition) is 1. The number of nitro groups is 1. The van der Waals surface area contributed by atoms with Gasteiger partial charge < -0.3 is 10.2 Å². The average molecular weight is 593 g/mol. The van der Waals surface area contributed by atoms with Crippen molar-refractivity contribution in [2.45, 2.75) is 30.8 Å². The predicted octanol–water partition coefficient (Wildman–Crippen LogP) is 4.65. The first-order chi connectivity index (χ1) is 18.5. The Morgan fingerprint density at radius 3 is 2.18 bits per heavy atom. The van der Waals surface area contributed by atoms with E-state index < -0.39 is 39.3 Å². The number of non-ortho nitro benzene ring substituents is 1. The standard InChI is InChI=1S/C26H26Cl2N4O6S/c1-3-24(26(34)29-2)30(16-18-9-14-22(27)23(28)15-18)25(33)17-31(19-10-12-20(13-11-19)32(35)36)39(37,38)21-7-5-4-6-8-21/h4-15,24H,3,16-17H2,1-2H3,(H,29,34)/t24-/m1/s1. The number of hydrogen-bond acceptors (Lipinski definition) is 6. The van der Waals surface area contributed by atoms with Gasteiger partial charge in [0, 0.05) is 25.7 Å². The number of nitrogens with one attached hydrogen (secondary N) is 1. The van der Waals surface area contributed by atoms with Crippen LogP contribution in [0.15, 0.2) is 77.7 Å². The predicted molar refractivity (Wildman–Crippen MR) is 149 cm³/mol. The monoisotopic (exact) mass is 592 g/mol. The number of benzene rings is 3. The molecule has 0 unspecified atom stereocenters. The van der Waals surface area contributed by atoms with Gasteiger partial charge in [-0.05, 0) is 48.4 Å². The highest BCUT2D eigenvalue weighted by Crippen LogP contribution is 2.28. The molecule has 0 heterocycles. The zero-order valence-corrected chi connectivity index (χ0v) is 23.4. The number of nitro benzene ring substituents is 1. The van der Waals surface area contributed by atoms with E-state index in [9.17, 15) is 28.1 Å². The van der Waals surface area contributed by atoms with Crippen LogP contribution in [-0.2, 0) is 26.2 Å². The smallest absolute Gasteiger partial charge is 0.269 e. The van der Waals surface area contributed by atoms with E-state index in [1.54, 1.807) is 31.2 Å². The largest absolute Gasteiger partial charge is 0.357 e. The van der Waals surface area contributed by atoms with Crippen LogP contribution in [0.2, 0.25) is 10.0 Å². The van der Waals surface area contributed by atoms with Crippen molar-refractivity contribution in [3.05, 3.63) is 98.5 Å². The Labute approximate surface area is 236 Å². The summed E-state index contributed by atoms with van der Waals surface area (Å²) in [7, 11) is -2.84. The highest BCUT2D eigenvalue weighted by Gasteiger charge is 2.33. The lowest BCUT2D eigenvalue weighted by atomic mass is 10.1. The maximum Gasteiger partial charge on any atom is 0.269 e. The molecule has 0 aliphatic carbocycles. The van der Waals surface area contributed by atoms with E-state index in [1.165, 1.54) is 48.3 Å². The summed E-state index contributed by atoms with van der Waals surface area (Å²) >= 11 is 12.2. The Hall–Kier alpha value is -3.67. The van der Waals surface area contributed by atoms with Gasteiger partial charge in [-0.2, -0.15) is 0 Å². The second-order valence-electron chi connectivity index (χ2n) is 8.41. The molecule has 0 aliphatic rings. The Balaban J connectivity index is 2.07. The highest BCUT2D eigenvalue weighted by molar-refractivity contribution is 7.92. The van der Waals surface area contributed by atoms with Crippen LogP contribution in [0.5, 0.6) is 0 Å².